The predicted molar refractivity (Wildman–Crippen MR) is 75.7 cm³/mol. The molecule has 1 aliphatic carbocycles. The topological polar surface area (TPSA) is 29.9 Å². The van der Waals surface area contributed by atoms with E-state index in [-0.39, 0.29) is 0 Å². The molecule has 3 heteroatoms. The van der Waals surface area contributed by atoms with Crippen LogP contribution in [0.25, 0.3) is 0 Å². The molecule has 0 saturated heterocycles. The summed E-state index contributed by atoms with van der Waals surface area (Å²) in [5, 5.41) is 8.34. The van der Waals surface area contributed by atoms with Gasteiger partial charge in [-0.05, 0) is 51.6 Å². The van der Waals surface area contributed by atoms with Crippen LogP contribution in [-0.2, 0) is 6.42 Å². The van der Waals surface area contributed by atoms with Gasteiger partial charge in [-0.2, -0.15) is 5.10 Å². The van der Waals surface area contributed by atoms with E-state index in [9.17, 15) is 0 Å². The van der Waals surface area contributed by atoms with Crippen molar-refractivity contribution < 1.29 is 0 Å². The van der Waals surface area contributed by atoms with E-state index in [0.717, 1.165) is 18.9 Å². The zero-order valence-electron chi connectivity index (χ0n) is 12.0. The molecule has 2 unspecified atom stereocenters. The normalized spacial score (nSPS) is 24.7. The summed E-state index contributed by atoms with van der Waals surface area (Å²) < 4.78 is 2.07. The number of nitrogens with one attached hydrogen (secondary N) is 1. The Bertz CT molecular complexity index is 354. The largest absolute Gasteiger partial charge is 0.314 e. The first kappa shape index (κ1) is 13.6. The van der Waals surface area contributed by atoms with Gasteiger partial charge in [0.25, 0.3) is 0 Å². The van der Waals surface area contributed by atoms with Gasteiger partial charge in [0.15, 0.2) is 0 Å². The highest BCUT2D eigenvalue weighted by Gasteiger charge is 2.25. The molecule has 0 bridgehead atoms. The van der Waals surface area contributed by atoms with Crippen molar-refractivity contribution in [2.75, 3.05) is 6.54 Å². The number of aromatic nitrogens is 2. The molecule has 0 amide bonds. The highest BCUT2D eigenvalue weighted by atomic mass is 15.3. The molecular weight excluding hydrogens is 222 g/mol. The van der Waals surface area contributed by atoms with Gasteiger partial charge in [-0.3, -0.25) is 4.68 Å². The minimum Gasteiger partial charge on any atom is -0.314 e. The molecule has 1 aliphatic rings. The third kappa shape index (κ3) is 3.35. The summed E-state index contributed by atoms with van der Waals surface area (Å²) in [4.78, 5) is 0. The fourth-order valence-corrected chi connectivity index (χ4v) is 3.03. The maximum absolute atomic E-state index is 4.69. The molecule has 1 aromatic rings. The standard InChI is InChI=1S/C15H27N3/c1-4-16-15-8-6-5-7-13(15)11-14-9-10-18(17-14)12(2)3/h9-10,12-13,15-16H,4-8,11H2,1-3H3. The molecule has 2 atom stereocenters. The van der Waals surface area contributed by atoms with Gasteiger partial charge in [-0.25, -0.2) is 0 Å². The third-order valence-electron chi connectivity index (χ3n) is 4.04. The first-order valence-corrected chi connectivity index (χ1v) is 7.48. The maximum Gasteiger partial charge on any atom is 0.0628 e. The number of hydrogen-bond donors (Lipinski definition) is 1. The Kier molecular flexibility index (Phi) is 4.81. The summed E-state index contributed by atoms with van der Waals surface area (Å²) in [5.74, 6) is 0.772. The van der Waals surface area contributed by atoms with Crippen LogP contribution in [0.3, 0.4) is 0 Å². The molecule has 102 valence electrons. The van der Waals surface area contributed by atoms with Crippen LogP contribution >= 0.6 is 0 Å². The fourth-order valence-electron chi connectivity index (χ4n) is 3.03. The summed E-state index contributed by atoms with van der Waals surface area (Å²) in [7, 11) is 0. The third-order valence-corrected chi connectivity index (χ3v) is 4.04. The predicted octanol–water partition coefficient (Wildman–Crippen LogP) is 3.17. The Morgan fingerprint density at radius 3 is 2.83 bits per heavy atom. The Morgan fingerprint density at radius 2 is 2.17 bits per heavy atom. The highest BCUT2D eigenvalue weighted by Crippen LogP contribution is 2.27. The van der Waals surface area contributed by atoms with Crippen molar-refractivity contribution in [3.05, 3.63) is 18.0 Å². The van der Waals surface area contributed by atoms with Crippen molar-refractivity contribution in [1.82, 2.24) is 15.1 Å². The quantitative estimate of drug-likeness (QED) is 0.868. The number of hydrogen-bond acceptors (Lipinski definition) is 2. The van der Waals surface area contributed by atoms with Gasteiger partial charge in [-0.15, -0.1) is 0 Å². The maximum atomic E-state index is 4.69. The lowest BCUT2D eigenvalue weighted by atomic mass is 9.81. The van der Waals surface area contributed by atoms with E-state index in [1.807, 2.05) is 0 Å². The summed E-state index contributed by atoms with van der Waals surface area (Å²) in [6.45, 7) is 7.65. The van der Waals surface area contributed by atoms with E-state index in [1.165, 1.54) is 31.4 Å². The van der Waals surface area contributed by atoms with E-state index in [2.05, 4.69) is 48.1 Å². The van der Waals surface area contributed by atoms with E-state index >= 15 is 0 Å². The molecule has 1 heterocycles. The van der Waals surface area contributed by atoms with Crippen molar-refractivity contribution in [3.8, 4) is 0 Å². The Labute approximate surface area is 111 Å². The van der Waals surface area contributed by atoms with Crippen molar-refractivity contribution >= 4 is 0 Å². The van der Waals surface area contributed by atoms with Gasteiger partial charge < -0.3 is 5.32 Å². The SMILES string of the molecule is CCNC1CCCCC1Cc1ccn(C(C)C)n1. The lowest BCUT2D eigenvalue weighted by Gasteiger charge is -2.31. The molecule has 1 saturated carbocycles. The van der Waals surface area contributed by atoms with E-state index < -0.39 is 0 Å². The summed E-state index contributed by atoms with van der Waals surface area (Å²) in [6, 6.07) is 3.36. The molecule has 0 aromatic carbocycles. The average molecular weight is 249 g/mol. The Balaban J connectivity index is 1.97. The molecule has 0 aliphatic heterocycles. The molecule has 0 radical (unpaired) electrons. The van der Waals surface area contributed by atoms with Gasteiger partial charge in [0.2, 0.25) is 0 Å². The fraction of sp³-hybridized carbons (Fsp3) is 0.800. The second-order valence-corrected chi connectivity index (χ2v) is 5.79. The Morgan fingerprint density at radius 1 is 1.39 bits per heavy atom. The lowest BCUT2D eigenvalue weighted by Crippen LogP contribution is -2.39. The van der Waals surface area contributed by atoms with Gasteiger partial charge in [0, 0.05) is 18.3 Å². The van der Waals surface area contributed by atoms with Crippen LogP contribution in [-0.4, -0.2) is 22.4 Å². The summed E-state index contributed by atoms with van der Waals surface area (Å²) >= 11 is 0. The molecule has 0 spiro atoms. The Hall–Kier alpha value is -0.830. The van der Waals surface area contributed by atoms with Crippen molar-refractivity contribution in [2.24, 2.45) is 5.92 Å². The first-order valence-electron chi connectivity index (χ1n) is 7.48. The van der Waals surface area contributed by atoms with Crippen LogP contribution in [0.5, 0.6) is 0 Å². The second-order valence-electron chi connectivity index (χ2n) is 5.79. The van der Waals surface area contributed by atoms with Gasteiger partial charge in [0.1, 0.15) is 0 Å². The molecule has 1 fully saturated rings. The van der Waals surface area contributed by atoms with Crippen molar-refractivity contribution in [1.29, 1.82) is 0 Å². The van der Waals surface area contributed by atoms with Crippen LogP contribution in [0.2, 0.25) is 0 Å². The second kappa shape index (κ2) is 6.37. The van der Waals surface area contributed by atoms with E-state index in [4.69, 9.17) is 0 Å². The molecule has 1 aromatic heterocycles. The molecule has 3 nitrogen and oxygen atoms in total. The molecule has 18 heavy (non-hydrogen) atoms. The lowest BCUT2D eigenvalue weighted by molar-refractivity contribution is 0.262. The van der Waals surface area contributed by atoms with Crippen LogP contribution in [0.15, 0.2) is 12.3 Å². The van der Waals surface area contributed by atoms with Crippen LogP contribution < -0.4 is 5.32 Å². The molecular formula is C15H27N3. The van der Waals surface area contributed by atoms with E-state index in [0.29, 0.717) is 12.1 Å². The summed E-state index contributed by atoms with van der Waals surface area (Å²) in [6.07, 6.45) is 8.71. The average Bonchev–Trinajstić information content (AvgIpc) is 2.81. The van der Waals surface area contributed by atoms with Gasteiger partial charge in [0.05, 0.1) is 5.69 Å². The number of nitrogens with zero attached hydrogens (tertiary/aromatic N) is 2. The first-order chi connectivity index (χ1) is 8.70. The smallest absolute Gasteiger partial charge is 0.0628 e. The van der Waals surface area contributed by atoms with Crippen molar-refractivity contribution in [3.63, 3.8) is 0 Å². The van der Waals surface area contributed by atoms with Crippen LogP contribution in [0.1, 0.15) is 58.2 Å². The van der Waals surface area contributed by atoms with Gasteiger partial charge in [-0.1, -0.05) is 19.8 Å². The zero-order valence-corrected chi connectivity index (χ0v) is 12.0. The minimum absolute atomic E-state index is 0.467. The van der Waals surface area contributed by atoms with Crippen molar-refractivity contribution in [2.45, 2.75) is 65.0 Å². The summed E-state index contributed by atoms with van der Waals surface area (Å²) in [5.41, 5.74) is 1.26. The monoisotopic (exact) mass is 249 g/mol. The molecule has 2 rings (SSSR count). The molecule has 1 N–H and O–H groups in total. The number of rotatable bonds is 5. The van der Waals surface area contributed by atoms with E-state index in [1.54, 1.807) is 0 Å². The highest BCUT2D eigenvalue weighted by molar-refractivity contribution is 5.02. The zero-order chi connectivity index (χ0) is 13.0. The van der Waals surface area contributed by atoms with Crippen LogP contribution in [0.4, 0.5) is 0 Å². The van der Waals surface area contributed by atoms with Crippen LogP contribution in [0, 0.1) is 5.92 Å². The minimum atomic E-state index is 0.467. The van der Waals surface area contributed by atoms with Gasteiger partial charge >= 0.3 is 0 Å².